The Kier molecular flexibility index (Phi) is 8.57. The Bertz CT molecular complexity index is 1550. The van der Waals surface area contributed by atoms with Crippen LogP contribution in [0.5, 0.6) is 0 Å². The third kappa shape index (κ3) is 7.17. The van der Waals surface area contributed by atoms with Gasteiger partial charge >= 0.3 is 0 Å². The molecule has 0 aliphatic carbocycles. The first-order valence-corrected chi connectivity index (χ1v) is 13.9. The van der Waals surface area contributed by atoms with E-state index < -0.39 is 0 Å². The van der Waals surface area contributed by atoms with E-state index in [1.807, 2.05) is 88.4 Å². The molecule has 0 aliphatic rings. The first kappa shape index (κ1) is 29.5. The van der Waals surface area contributed by atoms with Gasteiger partial charge in [0.2, 0.25) is 5.95 Å². The third-order valence-electron chi connectivity index (χ3n) is 7.23. The van der Waals surface area contributed by atoms with E-state index in [-0.39, 0.29) is 22.8 Å². The van der Waals surface area contributed by atoms with Crippen LogP contribution in [0.3, 0.4) is 0 Å². The van der Waals surface area contributed by atoms with Crippen molar-refractivity contribution in [2.24, 2.45) is 0 Å². The molecule has 41 heavy (non-hydrogen) atoms. The quantitative estimate of drug-likeness (QED) is 0.210. The highest BCUT2D eigenvalue weighted by Gasteiger charge is 2.22. The van der Waals surface area contributed by atoms with Crippen LogP contribution in [0.15, 0.2) is 79.0 Å². The Morgan fingerprint density at radius 1 is 0.829 bits per heavy atom. The average Bonchev–Trinajstić information content (AvgIpc) is 2.94. The fourth-order valence-corrected chi connectivity index (χ4v) is 4.44. The summed E-state index contributed by atoms with van der Waals surface area (Å²) in [7, 11) is 0. The molecule has 4 aromatic rings. The molecule has 4 rings (SSSR count). The molecular formula is C34H39N5O2. The van der Waals surface area contributed by atoms with Gasteiger partial charge in [-0.25, -0.2) is 9.97 Å². The van der Waals surface area contributed by atoms with Crippen molar-refractivity contribution in [2.45, 2.75) is 65.8 Å². The topological polar surface area (TPSA) is 96.0 Å². The lowest BCUT2D eigenvalue weighted by molar-refractivity contribution is 0.0910. The standard InChI is InChI=1S/C34H39N5O2/c1-8-34(6,7)39-30(40)23-16-18-24(19-17-23)36-32-35-21-20-29(38-32)25-13-11-15-28(22(25)2)37-31(41)26-12-9-10-14-27(26)33(3,4)5/h9-21H,8H2,1-7H3,(H,37,41)(H,39,40)(H,35,36,38). The Morgan fingerprint density at radius 3 is 2.22 bits per heavy atom. The molecule has 0 bridgehead atoms. The Balaban J connectivity index is 1.52. The molecule has 1 heterocycles. The van der Waals surface area contributed by atoms with Crippen LogP contribution in [0.25, 0.3) is 11.3 Å². The molecule has 0 spiro atoms. The molecule has 212 valence electrons. The van der Waals surface area contributed by atoms with Crippen molar-refractivity contribution in [1.29, 1.82) is 0 Å². The Hall–Kier alpha value is -4.52. The number of nitrogens with one attached hydrogen (secondary N) is 3. The Morgan fingerprint density at radius 2 is 1.54 bits per heavy atom. The minimum Gasteiger partial charge on any atom is -0.347 e. The molecule has 7 nitrogen and oxygen atoms in total. The first-order chi connectivity index (χ1) is 19.4. The summed E-state index contributed by atoms with van der Waals surface area (Å²) in [5.74, 6) is 0.182. The van der Waals surface area contributed by atoms with Crippen molar-refractivity contribution in [3.63, 3.8) is 0 Å². The van der Waals surface area contributed by atoms with Gasteiger partial charge in [-0.3, -0.25) is 9.59 Å². The van der Waals surface area contributed by atoms with Crippen LogP contribution in [0.4, 0.5) is 17.3 Å². The maximum Gasteiger partial charge on any atom is 0.255 e. The van der Waals surface area contributed by atoms with E-state index in [9.17, 15) is 9.59 Å². The summed E-state index contributed by atoms with van der Waals surface area (Å²) >= 11 is 0. The molecule has 3 N–H and O–H groups in total. The van der Waals surface area contributed by atoms with Gasteiger partial charge in [0.05, 0.1) is 5.69 Å². The largest absolute Gasteiger partial charge is 0.347 e. The van der Waals surface area contributed by atoms with Gasteiger partial charge in [-0.1, -0.05) is 58.0 Å². The molecule has 0 fully saturated rings. The minimum atomic E-state index is -0.266. The maximum atomic E-state index is 13.3. The van der Waals surface area contributed by atoms with E-state index in [1.54, 1.807) is 18.3 Å². The van der Waals surface area contributed by atoms with Gasteiger partial charge < -0.3 is 16.0 Å². The zero-order valence-corrected chi connectivity index (χ0v) is 24.9. The number of amides is 2. The Labute approximate surface area is 242 Å². The summed E-state index contributed by atoms with van der Waals surface area (Å²) in [6.45, 7) is 14.3. The fraction of sp³-hybridized carbons (Fsp3) is 0.294. The van der Waals surface area contributed by atoms with Crippen LogP contribution >= 0.6 is 0 Å². The average molecular weight is 550 g/mol. The second-order valence-corrected chi connectivity index (χ2v) is 11.9. The summed E-state index contributed by atoms with van der Waals surface area (Å²) in [4.78, 5) is 35.0. The number of carbonyl (C=O) groups excluding carboxylic acids is 2. The lowest BCUT2D eigenvalue weighted by Crippen LogP contribution is -2.42. The summed E-state index contributed by atoms with van der Waals surface area (Å²) in [5.41, 5.74) is 5.84. The molecule has 7 heteroatoms. The monoisotopic (exact) mass is 549 g/mol. The predicted molar refractivity (Wildman–Crippen MR) is 167 cm³/mol. The highest BCUT2D eigenvalue weighted by atomic mass is 16.2. The lowest BCUT2D eigenvalue weighted by Gasteiger charge is -2.24. The van der Waals surface area contributed by atoms with Crippen molar-refractivity contribution in [3.8, 4) is 11.3 Å². The van der Waals surface area contributed by atoms with Gasteiger partial charge in [-0.2, -0.15) is 0 Å². The summed E-state index contributed by atoms with van der Waals surface area (Å²) in [5, 5.41) is 9.38. The van der Waals surface area contributed by atoms with E-state index in [1.165, 1.54) is 0 Å². The summed E-state index contributed by atoms with van der Waals surface area (Å²) in [6, 6.07) is 22.6. The van der Waals surface area contributed by atoms with E-state index in [2.05, 4.69) is 41.7 Å². The van der Waals surface area contributed by atoms with Gasteiger partial charge in [-0.15, -0.1) is 0 Å². The zero-order valence-electron chi connectivity index (χ0n) is 24.9. The molecule has 0 unspecified atom stereocenters. The fourth-order valence-electron chi connectivity index (χ4n) is 4.44. The minimum absolute atomic E-state index is 0.106. The molecule has 0 atom stereocenters. The van der Waals surface area contributed by atoms with Crippen LogP contribution in [-0.4, -0.2) is 27.3 Å². The van der Waals surface area contributed by atoms with Crippen molar-refractivity contribution in [1.82, 2.24) is 15.3 Å². The van der Waals surface area contributed by atoms with Crippen LogP contribution in [0.2, 0.25) is 0 Å². The maximum absolute atomic E-state index is 13.3. The van der Waals surface area contributed by atoms with Gasteiger partial charge in [-0.05, 0) is 86.2 Å². The van der Waals surface area contributed by atoms with Crippen molar-refractivity contribution in [3.05, 3.63) is 101 Å². The zero-order chi connectivity index (χ0) is 29.8. The van der Waals surface area contributed by atoms with E-state index in [0.717, 1.165) is 40.2 Å². The van der Waals surface area contributed by atoms with Crippen molar-refractivity contribution < 1.29 is 9.59 Å². The van der Waals surface area contributed by atoms with Crippen LogP contribution in [0.1, 0.15) is 79.8 Å². The van der Waals surface area contributed by atoms with Crippen LogP contribution < -0.4 is 16.0 Å². The molecule has 3 aromatic carbocycles. The highest BCUT2D eigenvalue weighted by Crippen LogP contribution is 2.30. The first-order valence-electron chi connectivity index (χ1n) is 13.9. The molecule has 0 radical (unpaired) electrons. The van der Waals surface area contributed by atoms with Gasteiger partial charge in [0.25, 0.3) is 11.8 Å². The van der Waals surface area contributed by atoms with Gasteiger partial charge in [0, 0.05) is 39.8 Å². The van der Waals surface area contributed by atoms with E-state index >= 15 is 0 Å². The van der Waals surface area contributed by atoms with Crippen molar-refractivity contribution in [2.75, 3.05) is 10.6 Å². The van der Waals surface area contributed by atoms with Crippen molar-refractivity contribution >= 4 is 29.1 Å². The highest BCUT2D eigenvalue weighted by molar-refractivity contribution is 6.06. The molecule has 0 saturated heterocycles. The number of hydrogen-bond acceptors (Lipinski definition) is 5. The van der Waals surface area contributed by atoms with E-state index in [4.69, 9.17) is 4.98 Å². The number of aromatic nitrogens is 2. The molecule has 0 aliphatic heterocycles. The van der Waals surface area contributed by atoms with E-state index in [0.29, 0.717) is 17.1 Å². The number of benzene rings is 3. The van der Waals surface area contributed by atoms with Crippen LogP contribution in [-0.2, 0) is 5.41 Å². The van der Waals surface area contributed by atoms with Gasteiger partial charge in [0.1, 0.15) is 0 Å². The number of carbonyl (C=O) groups is 2. The molecule has 1 aromatic heterocycles. The number of hydrogen-bond donors (Lipinski definition) is 3. The second kappa shape index (κ2) is 11.9. The summed E-state index contributed by atoms with van der Waals surface area (Å²) in [6.07, 6.45) is 2.54. The third-order valence-corrected chi connectivity index (χ3v) is 7.23. The number of anilines is 3. The van der Waals surface area contributed by atoms with Crippen LogP contribution in [0, 0.1) is 6.92 Å². The van der Waals surface area contributed by atoms with Gasteiger partial charge in [0.15, 0.2) is 0 Å². The molecule has 0 saturated carbocycles. The normalized spacial score (nSPS) is 11.6. The summed E-state index contributed by atoms with van der Waals surface area (Å²) < 4.78 is 0. The lowest BCUT2D eigenvalue weighted by atomic mass is 9.83. The second-order valence-electron chi connectivity index (χ2n) is 11.9. The molecule has 2 amide bonds. The number of rotatable bonds is 8. The molecular weight excluding hydrogens is 510 g/mol. The smallest absolute Gasteiger partial charge is 0.255 e. The predicted octanol–water partition coefficient (Wildman–Crippen LogP) is 7.66. The number of nitrogens with zero attached hydrogens (tertiary/aromatic N) is 2. The SMILES string of the molecule is CCC(C)(C)NC(=O)c1ccc(Nc2nccc(-c3cccc(NC(=O)c4ccccc4C(C)(C)C)c3C)n2)cc1.